The Morgan fingerprint density at radius 3 is 2.40 bits per heavy atom. The molecule has 0 heterocycles. The van der Waals surface area contributed by atoms with Crippen LogP contribution in [0.5, 0.6) is 0 Å². The number of hydrogen-bond donors (Lipinski definition) is 1. The predicted octanol–water partition coefficient (Wildman–Crippen LogP) is 1.13. The van der Waals surface area contributed by atoms with Gasteiger partial charge in [0.25, 0.3) is 0 Å². The van der Waals surface area contributed by atoms with E-state index in [-0.39, 0.29) is 11.7 Å². The summed E-state index contributed by atoms with van der Waals surface area (Å²) in [6, 6.07) is 0. The van der Waals surface area contributed by atoms with Crippen LogP contribution in [-0.2, 0) is 4.79 Å². The van der Waals surface area contributed by atoms with Crippen molar-refractivity contribution in [2.75, 3.05) is 0 Å². The number of carbonyl (C=O) groups excluding carboxylic acids is 1. The molecule has 10 heavy (non-hydrogen) atoms. The summed E-state index contributed by atoms with van der Waals surface area (Å²) in [5, 5.41) is 8.93. The van der Waals surface area contributed by atoms with E-state index in [2.05, 4.69) is 0 Å². The Labute approximate surface area is 61.2 Å². The molecule has 0 radical (unpaired) electrons. The first-order valence-electron chi connectivity index (χ1n) is 3.93. The second-order valence-electron chi connectivity index (χ2n) is 3.06. The Morgan fingerprint density at radius 1 is 1.50 bits per heavy atom. The van der Waals surface area contributed by atoms with E-state index in [9.17, 15) is 4.79 Å². The number of carbonyl (C=O) groups is 1. The van der Waals surface area contributed by atoms with Crippen molar-refractivity contribution in [1.82, 2.24) is 0 Å². The van der Waals surface area contributed by atoms with Crippen LogP contribution in [0.3, 0.4) is 0 Å². The van der Waals surface area contributed by atoms with Crippen LogP contribution < -0.4 is 0 Å². The second kappa shape index (κ2) is 3.15. The van der Waals surface area contributed by atoms with Gasteiger partial charge in [0.2, 0.25) is 0 Å². The van der Waals surface area contributed by atoms with Crippen LogP contribution in [0.1, 0.15) is 32.6 Å². The molecule has 0 bridgehead atoms. The highest BCUT2D eigenvalue weighted by Crippen LogP contribution is 2.26. The lowest BCUT2D eigenvalue weighted by Gasteiger charge is -2.08. The minimum absolute atomic E-state index is 0.0394. The van der Waals surface area contributed by atoms with Crippen molar-refractivity contribution >= 4 is 5.78 Å². The van der Waals surface area contributed by atoms with Crippen molar-refractivity contribution in [2.45, 2.75) is 38.7 Å². The van der Waals surface area contributed by atoms with E-state index in [4.69, 9.17) is 5.11 Å². The number of hydrogen-bond acceptors (Lipinski definition) is 2. The van der Waals surface area contributed by atoms with E-state index in [1.807, 2.05) is 0 Å². The summed E-state index contributed by atoms with van der Waals surface area (Å²) in [4.78, 5) is 11.1. The highest BCUT2D eigenvalue weighted by Gasteiger charge is 2.25. The minimum atomic E-state index is -0.747. The van der Waals surface area contributed by atoms with Crippen LogP contribution in [0, 0.1) is 5.92 Å². The molecule has 1 saturated carbocycles. The van der Waals surface area contributed by atoms with Crippen LogP contribution in [0.15, 0.2) is 0 Å². The van der Waals surface area contributed by atoms with E-state index < -0.39 is 6.10 Å². The van der Waals surface area contributed by atoms with Crippen LogP contribution in [0.4, 0.5) is 0 Å². The van der Waals surface area contributed by atoms with Crippen LogP contribution in [0.25, 0.3) is 0 Å². The van der Waals surface area contributed by atoms with Crippen LogP contribution in [-0.4, -0.2) is 17.0 Å². The van der Waals surface area contributed by atoms with Crippen molar-refractivity contribution in [3.63, 3.8) is 0 Å². The lowest BCUT2D eigenvalue weighted by Crippen LogP contribution is -2.23. The summed E-state index contributed by atoms with van der Waals surface area (Å²) in [6.07, 6.45) is 3.54. The summed E-state index contributed by atoms with van der Waals surface area (Å²) in [5.41, 5.74) is 0. The Morgan fingerprint density at radius 2 is 2.00 bits per heavy atom. The van der Waals surface area contributed by atoms with Crippen molar-refractivity contribution in [3.05, 3.63) is 0 Å². The van der Waals surface area contributed by atoms with E-state index in [0.717, 1.165) is 25.7 Å². The molecule has 0 aromatic rings. The van der Waals surface area contributed by atoms with Gasteiger partial charge in [-0.15, -0.1) is 0 Å². The summed E-state index contributed by atoms with van der Waals surface area (Å²) in [5.74, 6) is 0.206. The number of Topliss-reactive ketones (excluding diaryl/α,β-unsaturated/α-hetero) is 1. The van der Waals surface area contributed by atoms with Crippen molar-refractivity contribution in [2.24, 2.45) is 5.92 Å². The molecule has 1 atom stereocenters. The van der Waals surface area contributed by atoms with E-state index in [0.29, 0.717) is 0 Å². The van der Waals surface area contributed by atoms with Gasteiger partial charge in [0.15, 0.2) is 5.78 Å². The molecule has 1 N–H and O–H groups in total. The molecule has 0 amide bonds. The van der Waals surface area contributed by atoms with Gasteiger partial charge in [-0.05, 0) is 19.8 Å². The van der Waals surface area contributed by atoms with Gasteiger partial charge >= 0.3 is 0 Å². The SMILES string of the molecule is CC(O)C(=O)C1CCCC1. The number of aliphatic hydroxyl groups excluding tert-OH is 1. The number of ketones is 1. The van der Waals surface area contributed by atoms with Gasteiger partial charge in [-0.1, -0.05) is 12.8 Å². The van der Waals surface area contributed by atoms with Crippen LogP contribution >= 0.6 is 0 Å². The zero-order valence-corrected chi connectivity index (χ0v) is 6.34. The highest BCUT2D eigenvalue weighted by atomic mass is 16.3. The second-order valence-corrected chi connectivity index (χ2v) is 3.06. The minimum Gasteiger partial charge on any atom is -0.386 e. The third-order valence-corrected chi connectivity index (χ3v) is 2.17. The molecule has 0 aromatic heterocycles. The maximum Gasteiger partial charge on any atom is 0.164 e. The largest absolute Gasteiger partial charge is 0.386 e. The molecule has 1 aliphatic carbocycles. The molecule has 1 rings (SSSR count). The van der Waals surface area contributed by atoms with Gasteiger partial charge < -0.3 is 5.11 Å². The molecule has 2 heteroatoms. The monoisotopic (exact) mass is 142 g/mol. The van der Waals surface area contributed by atoms with Crippen molar-refractivity contribution in [1.29, 1.82) is 0 Å². The maximum absolute atomic E-state index is 11.1. The first-order chi connectivity index (χ1) is 4.72. The molecular formula is C8H14O2. The van der Waals surface area contributed by atoms with Crippen molar-refractivity contribution < 1.29 is 9.90 Å². The molecular weight excluding hydrogens is 128 g/mol. The zero-order chi connectivity index (χ0) is 7.56. The zero-order valence-electron chi connectivity index (χ0n) is 6.34. The average molecular weight is 142 g/mol. The van der Waals surface area contributed by atoms with E-state index in [1.165, 1.54) is 0 Å². The molecule has 0 saturated heterocycles. The lowest BCUT2D eigenvalue weighted by atomic mass is 9.99. The number of aliphatic hydroxyl groups is 1. The fourth-order valence-corrected chi connectivity index (χ4v) is 1.55. The molecule has 0 aromatic carbocycles. The third kappa shape index (κ3) is 1.57. The predicted molar refractivity (Wildman–Crippen MR) is 38.6 cm³/mol. The normalized spacial score (nSPS) is 23.0. The highest BCUT2D eigenvalue weighted by molar-refractivity contribution is 5.84. The van der Waals surface area contributed by atoms with E-state index >= 15 is 0 Å². The average Bonchev–Trinajstić information content (AvgIpc) is 2.36. The third-order valence-electron chi connectivity index (χ3n) is 2.17. The Balaban J connectivity index is 2.40. The Bertz CT molecular complexity index is 123. The van der Waals surface area contributed by atoms with Gasteiger partial charge in [0, 0.05) is 5.92 Å². The summed E-state index contributed by atoms with van der Waals surface area (Å²) in [6.45, 7) is 1.56. The first-order valence-corrected chi connectivity index (χ1v) is 3.93. The van der Waals surface area contributed by atoms with Gasteiger partial charge in [0.1, 0.15) is 6.10 Å². The summed E-state index contributed by atoms with van der Waals surface area (Å²) < 4.78 is 0. The van der Waals surface area contributed by atoms with Gasteiger partial charge in [-0.3, -0.25) is 4.79 Å². The standard InChI is InChI=1S/C8H14O2/c1-6(9)8(10)7-4-2-3-5-7/h6-7,9H,2-5H2,1H3. The molecule has 1 unspecified atom stereocenters. The Kier molecular flexibility index (Phi) is 2.44. The topological polar surface area (TPSA) is 37.3 Å². The molecule has 2 nitrogen and oxygen atoms in total. The van der Waals surface area contributed by atoms with Gasteiger partial charge in [0.05, 0.1) is 0 Å². The first kappa shape index (κ1) is 7.73. The van der Waals surface area contributed by atoms with Gasteiger partial charge in [-0.25, -0.2) is 0 Å². The summed E-state index contributed by atoms with van der Waals surface area (Å²) in [7, 11) is 0. The molecule has 58 valence electrons. The Hall–Kier alpha value is -0.370. The van der Waals surface area contributed by atoms with E-state index in [1.54, 1.807) is 6.92 Å². The van der Waals surface area contributed by atoms with Gasteiger partial charge in [-0.2, -0.15) is 0 Å². The fourth-order valence-electron chi connectivity index (χ4n) is 1.55. The quantitative estimate of drug-likeness (QED) is 0.627. The van der Waals surface area contributed by atoms with Crippen LogP contribution in [0.2, 0.25) is 0 Å². The molecule has 0 spiro atoms. The van der Waals surface area contributed by atoms with Crippen molar-refractivity contribution in [3.8, 4) is 0 Å². The maximum atomic E-state index is 11.1. The summed E-state index contributed by atoms with van der Waals surface area (Å²) >= 11 is 0. The molecule has 0 aliphatic heterocycles. The fraction of sp³-hybridized carbons (Fsp3) is 0.875. The molecule has 1 fully saturated rings. The lowest BCUT2D eigenvalue weighted by molar-refractivity contribution is -0.130. The molecule has 1 aliphatic rings. The smallest absolute Gasteiger partial charge is 0.164 e. The number of rotatable bonds is 2.